The van der Waals surface area contributed by atoms with Crippen molar-refractivity contribution in [3.63, 3.8) is 0 Å². The van der Waals surface area contributed by atoms with Crippen LogP contribution in [0.1, 0.15) is 13.8 Å². The van der Waals surface area contributed by atoms with Gasteiger partial charge in [-0.15, -0.1) is 0 Å². The van der Waals surface area contributed by atoms with Crippen LogP contribution >= 0.6 is 0 Å². The Hall–Kier alpha value is -3.13. The van der Waals surface area contributed by atoms with Crippen molar-refractivity contribution in [2.24, 2.45) is 0 Å². The van der Waals surface area contributed by atoms with Gasteiger partial charge < -0.3 is 0 Å². The predicted molar refractivity (Wildman–Crippen MR) is 146 cm³/mol. The number of pyridine rings is 1. The molecule has 0 N–H and O–H groups in total. The van der Waals surface area contributed by atoms with E-state index in [0.29, 0.717) is 22.4 Å². The third-order valence-corrected chi connectivity index (χ3v) is 10.1. The molecule has 0 unspecified atom stereocenters. The van der Waals surface area contributed by atoms with Gasteiger partial charge in [0.15, 0.2) is 19.7 Å². The van der Waals surface area contributed by atoms with Gasteiger partial charge in [0.25, 0.3) is 0 Å². The van der Waals surface area contributed by atoms with Gasteiger partial charge in [0.05, 0.1) is 45.4 Å². The van der Waals surface area contributed by atoms with E-state index < -0.39 is 19.7 Å². The Balaban J connectivity index is 1.50. The van der Waals surface area contributed by atoms with E-state index in [2.05, 4.69) is 0 Å². The maximum Gasteiger partial charge on any atom is 0.238 e. The Morgan fingerprint density at radius 2 is 1.03 bits per heavy atom. The number of anilines is 2. The van der Waals surface area contributed by atoms with Crippen LogP contribution in [0, 0.1) is 0 Å². The fourth-order valence-corrected chi connectivity index (χ4v) is 7.32. The number of sulfone groups is 2. The van der Waals surface area contributed by atoms with E-state index in [9.17, 15) is 26.4 Å². The molecule has 38 heavy (non-hydrogen) atoms. The van der Waals surface area contributed by atoms with Crippen molar-refractivity contribution < 1.29 is 26.4 Å². The molecule has 2 fully saturated rings. The third kappa shape index (κ3) is 5.37. The number of amides is 2. The topological polar surface area (TPSA) is 128 Å². The molecule has 3 heterocycles. The lowest BCUT2D eigenvalue weighted by Gasteiger charge is -2.36. The van der Waals surface area contributed by atoms with Gasteiger partial charge in [0.2, 0.25) is 11.8 Å². The molecule has 0 saturated carbocycles. The number of aromatic nitrogens is 1. The Morgan fingerprint density at radius 3 is 1.37 bits per heavy atom. The van der Waals surface area contributed by atoms with Crippen LogP contribution in [0.3, 0.4) is 0 Å². The molecule has 2 aliphatic rings. The zero-order chi connectivity index (χ0) is 27.2. The SMILES string of the molecule is CC(=O)N(c1ccc2cc3ccc(N(C(C)=O)N4CCS(=O)(=O)CC4)cc3nc2c1)N1CCS(=O)(=O)CC1. The second-order valence-electron chi connectivity index (χ2n) is 9.61. The molecule has 11 nitrogen and oxygen atoms in total. The maximum absolute atomic E-state index is 12.6. The first-order chi connectivity index (χ1) is 17.9. The largest absolute Gasteiger partial charge is 0.273 e. The average molecular weight is 560 g/mol. The molecular weight excluding hydrogens is 530 g/mol. The van der Waals surface area contributed by atoms with Crippen molar-refractivity contribution in [2.45, 2.75) is 13.8 Å². The highest BCUT2D eigenvalue weighted by molar-refractivity contribution is 7.91. The molecule has 202 valence electrons. The minimum atomic E-state index is -3.10. The van der Waals surface area contributed by atoms with Crippen molar-refractivity contribution in [1.82, 2.24) is 15.0 Å². The van der Waals surface area contributed by atoms with Gasteiger partial charge in [-0.1, -0.05) is 12.1 Å². The number of carbonyl (C=O) groups is 2. The molecular formula is C25H29N5O6S2. The van der Waals surface area contributed by atoms with Crippen LogP contribution in [-0.4, -0.2) is 92.8 Å². The maximum atomic E-state index is 12.6. The molecule has 3 aromatic rings. The van der Waals surface area contributed by atoms with Crippen LogP contribution in [0.4, 0.5) is 11.4 Å². The van der Waals surface area contributed by atoms with Crippen molar-refractivity contribution >= 4 is 64.7 Å². The van der Waals surface area contributed by atoms with Crippen molar-refractivity contribution in [1.29, 1.82) is 0 Å². The highest BCUT2D eigenvalue weighted by Gasteiger charge is 2.30. The molecule has 0 aliphatic carbocycles. The van der Waals surface area contributed by atoms with E-state index in [0.717, 1.165) is 10.8 Å². The number of hydrazine groups is 2. The Labute approximate surface area is 221 Å². The quantitative estimate of drug-likeness (QED) is 0.436. The summed E-state index contributed by atoms with van der Waals surface area (Å²) in [7, 11) is -6.20. The van der Waals surface area contributed by atoms with Crippen molar-refractivity contribution in [3.8, 4) is 0 Å². The molecule has 2 aromatic carbocycles. The molecule has 13 heteroatoms. The summed E-state index contributed by atoms with van der Waals surface area (Å²) in [5.74, 6) is -0.492. The molecule has 0 spiro atoms. The van der Waals surface area contributed by atoms with E-state index in [-0.39, 0.29) is 61.0 Å². The van der Waals surface area contributed by atoms with Crippen LogP contribution in [0.15, 0.2) is 42.5 Å². The number of fused-ring (bicyclic) bond motifs is 2. The fourth-order valence-electron chi connectivity index (χ4n) is 4.96. The monoisotopic (exact) mass is 559 g/mol. The number of hydrogen-bond acceptors (Lipinski definition) is 9. The van der Waals surface area contributed by atoms with E-state index in [1.165, 1.54) is 23.9 Å². The summed E-state index contributed by atoms with van der Waals surface area (Å²) < 4.78 is 47.5. The molecule has 5 rings (SSSR count). The van der Waals surface area contributed by atoms with E-state index in [1.54, 1.807) is 22.2 Å². The number of nitrogens with zero attached hydrogens (tertiary/aromatic N) is 5. The van der Waals surface area contributed by atoms with Crippen molar-refractivity contribution in [3.05, 3.63) is 42.5 Å². The van der Waals surface area contributed by atoms with Crippen LogP contribution in [0.2, 0.25) is 0 Å². The average Bonchev–Trinajstić information content (AvgIpc) is 2.84. The van der Waals surface area contributed by atoms with Crippen LogP contribution in [-0.2, 0) is 29.3 Å². The van der Waals surface area contributed by atoms with Gasteiger partial charge in [0.1, 0.15) is 0 Å². The fraction of sp³-hybridized carbons (Fsp3) is 0.400. The highest BCUT2D eigenvalue weighted by atomic mass is 32.2. The predicted octanol–water partition coefficient (Wildman–Crippen LogP) is 1.38. The zero-order valence-corrected chi connectivity index (χ0v) is 22.8. The lowest BCUT2D eigenvalue weighted by Crippen LogP contribution is -2.52. The van der Waals surface area contributed by atoms with Gasteiger partial charge in [-0.3, -0.25) is 9.59 Å². The summed E-state index contributed by atoms with van der Waals surface area (Å²) in [6, 6.07) is 12.9. The second kappa shape index (κ2) is 9.88. The molecule has 1 aromatic heterocycles. The highest BCUT2D eigenvalue weighted by Crippen LogP contribution is 2.29. The number of rotatable bonds is 4. The lowest BCUT2D eigenvalue weighted by molar-refractivity contribution is -0.120. The van der Waals surface area contributed by atoms with Gasteiger partial charge in [0, 0.05) is 50.8 Å². The molecule has 2 aliphatic heterocycles. The summed E-state index contributed by atoms with van der Waals surface area (Å²) in [6.07, 6.45) is 0. The summed E-state index contributed by atoms with van der Waals surface area (Å²) in [4.78, 5) is 29.9. The first-order valence-electron chi connectivity index (χ1n) is 12.3. The standard InChI is InChI=1S/C25H29N5O6S2/c1-18(31)29(27-7-11-37(33,34)12-8-27)22-5-3-20-15-21-4-6-23(17-25(21)26-24(20)16-22)30(19(2)32)28-9-13-38(35,36)14-10-28/h3-6,15-17H,7-14H2,1-2H3. The van der Waals surface area contributed by atoms with E-state index >= 15 is 0 Å². The molecule has 0 atom stereocenters. The van der Waals surface area contributed by atoms with Crippen LogP contribution in [0.25, 0.3) is 21.8 Å². The molecule has 0 bridgehead atoms. The molecule has 2 amide bonds. The summed E-state index contributed by atoms with van der Waals surface area (Å²) in [5.41, 5.74) is 2.46. The molecule has 2 saturated heterocycles. The summed E-state index contributed by atoms with van der Waals surface area (Å²) >= 11 is 0. The van der Waals surface area contributed by atoms with Gasteiger partial charge in [-0.2, -0.15) is 0 Å². The number of carbonyl (C=O) groups excluding carboxylic acids is 2. The summed E-state index contributed by atoms with van der Waals surface area (Å²) in [5, 5.41) is 8.21. The van der Waals surface area contributed by atoms with Gasteiger partial charge in [-0.05, 0) is 30.3 Å². The summed E-state index contributed by atoms with van der Waals surface area (Å²) in [6.45, 7) is 3.80. The van der Waals surface area contributed by atoms with Gasteiger partial charge >= 0.3 is 0 Å². The van der Waals surface area contributed by atoms with Gasteiger partial charge in [-0.25, -0.2) is 41.9 Å². The smallest absolute Gasteiger partial charge is 0.238 e. The lowest BCUT2D eigenvalue weighted by atomic mass is 10.1. The third-order valence-electron chi connectivity index (χ3n) is 6.87. The normalized spacial score (nSPS) is 19.8. The molecule has 0 radical (unpaired) electrons. The number of benzene rings is 2. The Morgan fingerprint density at radius 1 is 0.658 bits per heavy atom. The van der Waals surface area contributed by atoms with E-state index in [1.807, 2.05) is 30.3 Å². The van der Waals surface area contributed by atoms with Crippen LogP contribution < -0.4 is 10.0 Å². The van der Waals surface area contributed by atoms with E-state index in [4.69, 9.17) is 4.98 Å². The first-order valence-corrected chi connectivity index (χ1v) is 15.9. The zero-order valence-electron chi connectivity index (χ0n) is 21.2. The second-order valence-corrected chi connectivity index (χ2v) is 14.2. The Bertz CT molecular complexity index is 1510. The first kappa shape index (κ1) is 26.5. The minimum absolute atomic E-state index is 0.00831. The Kier molecular flexibility index (Phi) is 6.88. The minimum Gasteiger partial charge on any atom is -0.273 e. The van der Waals surface area contributed by atoms with Crippen LogP contribution in [0.5, 0.6) is 0 Å². The number of hydrogen-bond donors (Lipinski definition) is 0. The van der Waals surface area contributed by atoms with Crippen molar-refractivity contribution in [2.75, 3.05) is 59.2 Å².